The van der Waals surface area contributed by atoms with Crippen LogP contribution in [0.4, 0.5) is 5.69 Å². The van der Waals surface area contributed by atoms with Gasteiger partial charge in [0, 0.05) is 11.3 Å². The Bertz CT molecular complexity index is 1030. The molecule has 7 heteroatoms. The van der Waals surface area contributed by atoms with E-state index in [9.17, 15) is 13.2 Å². The largest absolute Gasteiger partial charge is 0.468 e. The van der Waals surface area contributed by atoms with Crippen LogP contribution in [-0.2, 0) is 23.0 Å². The Morgan fingerprint density at radius 2 is 1.85 bits per heavy atom. The predicted molar refractivity (Wildman–Crippen MR) is 103 cm³/mol. The molecule has 0 saturated heterocycles. The molecule has 0 bridgehead atoms. The highest BCUT2D eigenvalue weighted by molar-refractivity contribution is 7.89. The Labute approximate surface area is 158 Å². The number of sulfonamides is 1. The molecule has 0 fully saturated rings. The molecule has 27 heavy (non-hydrogen) atoms. The molecule has 3 rings (SSSR count). The molecule has 140 valence electrons. The average Bonchev–Trinajstić information content (AvgIpc) is 3.21. The van der Waals surface area contributed by atoms with Crippen molar-refractivity contribution in [2.75, 3.05) is 5.32 Å². The Kier molecular flexibility index (Phi) is 5.73. The van der Waals surface area contributed by atoms with Gasteiger partial charge in [-0.25, -0.2) is 13.1 Å². The number of benzene rings is 2. The third-order valence-corrected chi connectivity index (χ3v) is 5.47. The molecule has 0 aliphatic carbocycles. The van der Waals surface area contributed by atoms with E-state index in [0.717, 1.165) is 12.0 Å². The fraction of sp³-hybridized carbons (Fsp3) is 0.150. The SMILES string of the molecule is CCc1ccccc1NC(=O)c1cccc(S(=O)(=O)NCc2ccco2)c1. The minimum absolute atomic E-state index is 0.0190. The molecule has 0 saturated carbocycles. The van der Waals surface area contributed by atoms with Crippen LogP contribution in [0.5, 0.6) is 0 Å². The third kappa shape index (κ3) is 4.64. The van der Waals surface area contributed by atoms with Gasteiger partial charge in [-0.15, -0.1) is 0 Å². The van der Waals surface area contributed by atoms with Gasteiger partial charge in [-0.05, 0) is 48.4 Å². The molecule has 0 atom stereocenters. The van der Waals surface area contributed by atoms with Crippen molar-refractivity contribution < 1.29 is 17.6 Å². The van der Waals surface area contributed by atoms with Gasteiger partial charge in [-0.2, -0.15) is 0 Å². The van der Waals surface area contributed by atoms with Crippen LogP contribution >= 0.6 is 0 Å². The minimum atomic E-state index is -3.77. The normalized spacial score (nSPS) is 11.3. The first kappa shape index (κ1) is 18.9. The second kappa shape index (κ2) is 8.20. The van der Waals surface area contributed by atoms with Gasteiger partial charge < -0.3 is 9.73 Å². The highest BCUT2D eigenvalue weighted by atomic mass is 32.2. The average molecular weight is 384 g/mol. The highest BCUT2D eigenvalue weighted by Gasteiger charge is 2.17. The highest BCUT2D eigenvalue weighted by Crippen LogP contribution is 2.18. The van der Waals surface area contributed by atoms with Gasteiger partial charge in [0.1, 0.15) is 5.76 Å². The molecule has 2 aromatic carbocycles. The molecule has 2 N–H and O–H groups in total. The van der Waals surface area contributed by atoms with Crippen molar-refractivity contribution >= 4 is 21.6 Å². The molecule has 3 aromatic rings. The molecule has 0 aliphatic heterocycles. The Hall–Kier alpha value is -2.90. The minimum Gasteiger partial charge on any atom is -0.468 e. The number of anilines is 1. The van der Waals surface area contributed by atoms with E-state index >= 15 is 0 Å². The summed E-state index contributed by atoms with van der Waals surface area (Å²) in [7, 11) is -3.77. The fourth-order valence-electron chi connectivity index (χ4n) is 2.61. The van der Waals surface area contributed by atoms with Crippen molar-refractivity contribution in [3.8, 4) is 0 Å². The summed E-state index contributed by atoms with van der Waals surface area (Å²) in [5.74, 6) is 0.141. The molecular formula is C20H20N2O4S. The zero-order valence-electron chi connectivity index (χ0n) is 14.8. The van der Waals surface area contributed by atoms with Gasteiger partial charge in [-0.1, -0.05) is 31.2 Å². The summed E-state index contributed by atoms with van der Waals surface area (Å²) in [6.07, 6.45) is 2.25. The lowest BCUT2D eigenvalue weighted by Crippen LogP contribution is -2.23. The summed E-state index contributed by atoms with van der Waals surface area (Å²) in [6.45, 7) is 2.04. The van der Waals surface area contributed by atoms with Crippen molar-refractivity contribution in [1.82, 2.24) is 4.72 Å². The van der Waals surface area contributed by atoms with E-state index in [0.29, 0.717) is 11.4 Å². The monoisotopic (exact) mass is 384 g/mol. The zero-order valence-corrected chi connectivity index (χ0v) is 15.6. The maximum absolute atomic E-state index is 12.6. The van der Waals surface area contributed by atoms with E-state index in [4.69, 9.17) is 4.42 Å². The Balaban J connectivity index is 1.77. The van der Waals surface area contributed by atoms with Crippen molar-refractivity contribution in [2.45, 2.75) is 24.8 Å². The third-order valence-electron chi connectivity index (χ3n) is 4.07. The molecule has 6 nitrogen and oxygen atoms in total. The number of aryl methyl sites for hydroxylation is 1. The van der Waals surface area contributed by atoms with Crippen LogP contribution in [0.15, 0.2) is 76.2 Å². The van der Waals surface area contributed by atoms with Crippen LogP contribution in [-0.4, -0.2) is 14.3 Å². The number of rotatable bonds is 7. The molecule has 0 unspecified atom stereocenters. The number of carbonyl (C=O) groups is 1. The van der Waals surface area contributed by atoms with Crippen LogP contribution in [0, 0.1) is 0 Å². The van der Waals surface area contributed by atoms with Gasteiger partial charge >= 0.3 is 0 Å². The topological polar surface area (TPSA) is 88.4 Å². The number of hydrogen-bond acceptors (Lipinski definition) is 4. The van der Waals surface area contributed by atoms with Crippen LogP contribution in [0.1, 0.15) is 28.6 Å². The summed E-state index contributed by atoms with van der Waals surface area (Å²) >= 11 is 0. The zero-order chi connectivity index (χ0) is 19.3. The Morgan fingerprint density at radius 3 is 2.59 bits per heavy atom. The van der Waals surface area contributed by atoms with Crippen molar-refractivity contribution in [3.05, 3.63) is 83.8 Å². The van der Waals surface area contributed by atoms with Gasteiger partial charge in [0.15, 0.2) is 0 Å². The van der Waals surface area contributed by atoms with E-state index in [1.165, 1.54) is 18.4 Å². The number of carbonyl (C=O) groups excluding carboxylic acids is 1. The molecule has 0 aliphatic rings. The smallest absolute Gasteiger partial charge is 0.255 e. The van der Waals surface area contributed by atoms with E-state index in [1.807, 2.05) is 31.2 Å². The second-order valence-corrected chi connectivity index (χ2v) is 7.66. The lowest BCUT2D eigenvalue weighted by Gasteiger charge is -2.11. The number of furan rings is 1. The van der Waals surface area contributed by atoms with Crippen LogP contribution < -0.4 is 10.0 Å². The van der Waals surface area contributed by atoms with Gasteiger partial charge in [0.05, 0.1) is 17.7 Å². The first-order valence-corrected chi connectivity index (χ1v) is 9.99. The maximum atomic E-state index is 12.6. The van der Waals surface area contributed by atoms with E-state index in [1.54, 1.807) is 24.3 Å². The van der Waals surface area contributed by atoms with Gasteiger partial charge in [-0.3, -0.25) is 4.79 Å². The Morgan fingerprint density at radius 1 is 1.04 bits per heavy atom. The molecule has 1 heterocycles. The van der Waals surface area contributed by atoms with Crippen molar-refractivity contribution in [2.24, 2.45) is 0 Å². The number of amides is 1. The van der Waals surface area contributed by atoms with E-state index in [2.05, 4.69) is 10.0 Å². The summed E-state index contributed by atoms with van der Waals surface area (Å²) < 4.78 is 32.5. The molecule has 0 radical (unpaired) electrons. The molecule has 1 aromatic heterocycles. The van der Waals surface area contributed by atoms with Crippen molar-refractivity contribution in [3.63, 3.8) is 0 Å². The van der Waals surface area contributed by atoms with E-state index in [-0.39, 0.29) is 22.9 Å². The standard InChI is InChI=1S/C20H20N2O4S/c1-2-15-7-3-4-11-19(15)22-20(23)16-8-5-10-18(13-16)27(24,25)21-14-17-9-6-12-26-17/h3-13,21H,2,14H2,1H3,(H,22,23). The van der Waals surface area contributed by atoms with Gasteiger partial charge in [0.2, 0.25) is 10.0 Å². The van der Waals surface area contributed by atoms with Crippen LogP contribution in [0.25, 0.3) is 0 Å². The predicted octanol–water partition coefficient (Wildman–Crippen LogP) is 3.57. The first-order valence-electron chi connectivity index (χ1n) is 8.51. The lowest BCUT2D eigenvalue weighted by molar-refractivity contribution is 0.102. The van der Waals surface area contributed by atoms with Crippen molar-refractivity contribution in [1.29, 1.82) is 0 Å². The van der Waals surface area contributed by atoms with E-state index < -0.39 is 10.0 Å². The number of nitrogens with one attached hydrogen (secondary N) is 2. The molecule has 0 spiro atoms. The quantitative estimate of drug-likeness (QED) is 0.652. The van der Waals surface area contributed by atoms with Gasteiger partial charge in [0.25, 0.3) is 5.91 Å². The number of hydrogen-bond donors (Lipinski definition) is 2. The molecule has 1 amide bonds. The summed E-state index contributed by atoms with van der Waals surface area (Å²) in [5.41, 5.74) is 1.99. The van der Waals surface area contributed by atoms with Crippen LogP contribution in [0.2, 0.25) is 0 Å². The second-order valence-electron chi connectivity index (χ2n) is 5.90. The lowest BCUT2D eigenvalue weighted by atomic mass is 10.1. The first-order chi connectivity index (χ1) is 13.0. The van der Waals surface area contributed by atoms with Crippen LogP contribution in [0.3, 0.4) is 0 Å². The fourth-order valence-corrected chi connectivity index (χ4v) is 3.65. The maximum Gasteiger partial charge on any atom is 0.255 e. The summed E-state index contributed by atoms with van der Waals surface area (Å²) in [4.78, 5) is 12.6. The summed E-state index contributed by atoms with van der Waals surface area (Å²) in [5, 5.41) is 2.84. The summed E-state index contributed by atoms with van der Waals surface area (Å²) in [6, 6.07) is 16.8. The number of para-hydroxylation sites is 1. The molecular weight excluding hydrogens is 364 g/mol.